The smallest absolute Gasteiger partial charge is 0.303 e. The van der Waals surface area contributed by atoms with Gasteiger partial charge in [0.25, 0.3) is 0 Å². The zero-order valence-corrected chi connectivity index (χ0v) is 11.4. The van der Waals surface area contributed by atoms with Crippen LogP contribution >= 0.6 is 11.6 Å². The molecule has 1 aromatic carbocycles. The highest BCUT2D eigenvalue weighted by Crippen LogP contribution is 2.18. The molecule has 20 heavy (non-hydrogen) atoms. The van der Waals surface area contributed by atoms with Crippen LogP contribution in [0.4, 0.5) is 0 Å². The van der Waals surface area contributed by atoms with Crippen molar-refractivity contribution >= 4 is 29.1 Å². The van der Waals surface area contributed by atoms with Crippen LogP contribution in [0.1, 0.15) is 17.3 Å². The molecule has 2 rings (SSSR count). The lowest BCUT2D eigenvalue weighted by Gasteiger charge is -2.15. The summed E-state index contributed by atoms with van der Waals surface area (Å²) in [6.07, 6.45) is 2.96. The van der Waals surface area contributed by atoms with Gasteiger partial charge in [-0.3, -0.25) is 14.4 Å². The average Bonchev–Trinajstić information content (AvgIpc) is 2.41. The molecular formula is C15H11ClO4. The molecule has 1 atom stereocenters. The van der Waals surface area contributed by atoms with Crippen molar-refractivity contribution in [1.82, 2.24) is 0 Å². The number of hydrogen-bond acceptors (Lipinski definition) is 4. The first kappa shape index (κ1) is 14.2. The third-order valence-electron chi connectivity index (χ3n) is 2.70. The summed E-state index contributed by atoms with van der Waals surface area (Å²) in [4.78, 5) is 34.7. The summed E-state index contributed by atoms with van der Waals surface area (Å²) >= 11 is 5.76. The summed E-state index contributed by atoms with van der Waals surface area (Å²) in [7, 11) is 0. The molecule has 0 radical (unpaired) electrons. The van der Waals surface area contributed by atoms with Gasteiger partial charge in [0, 0.05) is 23.1 Å². The third-order valence-corrected chi connectivity index (χ3v) is 2.95. The van der Waals surface area contributed by atoms with E-state index in [4.69, 9.17) is 16.3 Å². The van der Waals surface area contributed by atoms with Crippen molar-refractivity contribution in [2.24, 2.45) is 0 Å². The Morgan fingerprint density at radius 2 is 1.80 bits per heavy atom. The van der Waals surface area contributed by atoms with E-state index in [1.54, 1.807) is 24.3 Å². The van der Waals surface area contributed by atoms with Gasteiger partial charge in [0.05, 0.1) is 0 Å². The van der Waals surface area contributed by atoms with Crippen LogP contribution in [0.3, 0.4) is 0 Å². The molecule has 4 nitrogen and oxygen atoms in total. The molecule has 0 saturated heterocycles. The number of ketones is 2. The van der Waals surface area contributed by atoms with Crippen LogP contribution in [0.2, 0.25) is 5.02 Å². The van der Waals surface area contributed by atoms with E-state index < -0.39 is 12.1 Å². The van der Waals surface area contributed by atoms with Crippen molar-refractivity contribution < 1.29 is 19.1 Å². The second-order valence-electron chi connectivity index (χ2n) is 4.22. The number of ether oxygens (including phenoxy) is 1. The largest absolute Gasteiger partial charge is 0.450 e. The van der Waals surface area contributed by atoms with E-state index in [0.717, 1.165) is 0 Å². The quantitative estimate of drug-likeness (QED) is 0.634. The van der Waals surface area contributed by atoms with Crippen LogP contribution < -0.4 is 0 Å². The molecule has 0 saturated carbocycles. The van der Waals surface area contributed by atoms with Crippen LogP contribution in [0.25, 0.3) is 0 Å². The number of rotatable bonds is 3. The van der Waals surface area contributed by atoms with Crippen molar-refractivity contribution in [3.63, 3.8) is 0 Å². The van der Waals surface area contributed by atoms with Gasteiger partial charge in [-0.25, -0.2) is 0 Å². The Hall–Kier alpha value is -2.20. The van der Waals surface area contributed by atoms with Gasteiger partial charge in [-0.15, -0.1) is 0 Å². The van der Waals surface area contributed by atoms with Crippen LogP contribution in [-0.4, -0.2) is 23.6 Å². The fourth-order valence-corrected chi connectivity index (χ4v) is 1.88. The molecular weight excluding hydrogens is 280 g/mol. The minimum atomic E-state index is -1.04. The zero-order valence-electron chi connectivity index (χ0n) is 10.6. The predicted octanol–water partition coefficient (Wildman–Crippen LogP) is 2.52. The van der Waals surface area contributed by atoms with Crippen LogP contribution in [0, 0.1) is 0 Å². The van der Waals surface area contributed by atoms with Crippen molar-refractivity contribution in [2.75, 3.05) is 0 Å². The maximum Gasteiger partial charge on any atom is 0.303 e. The minimum Gasteiger partial charge on any atom is -0.450 e. The number of carbonyl (C=O) groups excluding carboxylic acids is 3. The molecule has 102 valence electrons. The number of allylic oxidation sites excluding steroid dienone is 2. The first-order chi connectivity index (χ1) is 9.47. The van der Waals surface area contributed by atoms with Gasteiger partial charge in [-0.2, -0.15) is 0 Å². The molecule has 0 aliphatic heterocycles. The molecule has 0 fully saturated rings. The summed E-state index contributed by atoms with van der Waals surface area (Å²) in [5.41, 5.74) is 0.749. The summed E-state index contributed by atoms with van der Waals surface area (Å²) in [5, 5.41) is 0.530. The Balaban J connectivity index is 2.25. The summed E-state index contributed by atoms with van der Waals surface area (Å²) in [6, 6.07) is 6.40. The lowest BCUT2D eigenvalue weighted by atomic mass is 9.96. The lowest BCUT2D eigenvalue weighted by Crippen LogP contribution is -2.26. The van der Waals surface area contributed by atoms with Crippen molar-refractivity contribution in [3.8, 4) is 0 Å². The summed E-state index contributed by atoms with van der Waals surface area (Å²) < 4.78 is 4.85. The van der Waals surface area contributed by atoms with E-state index >= 15 is 0 Å². The molecule has 1 unspecified atom stereocenters. The number of esters is 1. The number of benzene rings is 1. The standard InChI is InChI=1S/C15H11ClO4/c1-9(17)20-14-8-11(4-7-13(14)18)15(19)10-2-5-12(16)6-3-10/h2-8,14H,1H3. The number of carbonyl (C=O) groups is 3. The van der Waals surface area contributed by atoms with Gasteiger partial charge in [-0.05, 0) is 42.5 Å². The van der Waals surface area contributed by atoms with E-state index in [0.29, 0.717) is 16.2 Å². The first-order valence-corrected chi connectivity index (χ1v) is 6.26. The fraction of sp³-hybridized carbons (Fsp3) is 0.133. The predicted molar refractivity (Wildman–Crippen MR) is 73.6 cm³/mol. The fourth-order valence-electron chi connectivity index (χ4n) is 1.76. The average molecular weight is 291 g/mol. The summed E-state index contributed by atoms with van der Waals surface area (Å²) in [5.74, 6) is -1.20. The number of halogens is 1. The second-order valence-corrected chi connectivity index (χ2v) is 4.66. The summed E-state index contributed by atoms with van der Waals surface area (Å²) in [6.45, 7) is 1.21. The van der Waals surface area contributed by atoms with Gasteiger partial charge >= 0.3 is 5.97 Å². The van der Waals surface area contributed by atoms with E-state index in [9.17, 15) is 14.4 Å². The van der Waals surface area contributed by atoms with E-state index in [2.05, 4.69) is 0 Å². The molecule has 0 heterocycles. The van der Waals surface area contributed by atoms with E-state index in [1.165, 1.54) is 25.2 Å². The maximum absolute atomic E-state index is 12.2. The molecule has 1 aliphatic rings. The Kier molecular flexibility index (Phi) is 4.15. The van der Waals surface area contributed by atoms with Gasteiger partial charge in [-0.1, -0.05) is 11.6 Å². The highest BCUT2D eigenvalue weighted by molar-refractivity contribution is 6.30. The molecule has 5 heteroatoms. The van der Waals surface area contributed by atoms with Crippen LogP contribution in [-0.2, 0) is 14.3 Å². The van der Waals surface area contributed by atoms with Crippen molar-refractivity contribution in [2.45, 2.75) is 13.0 Å². The van der Waals surface area contributed by atoms with Crippen molar-refractivity contribution in [1.29, 1.82) is 0 Å². The Labute approximate surface area is 120 Å². The maximum atomic E-state index is 12.2. The molecule has 0 bridgehead atoms. The Morgan fingerprint density at radius 3 is 2.40 bits per heavy atom. The monoisotopic (exact) mass is 290 g/mol. The van der Waals surface area contributed by atoms with Crippen LogP contribution in [0.15, 0.2) is 48.1 Å². The number of Topliss-reactive ketones (excluding diaryl/α,β-unsaturated/α-hetero) is 1. The van der Waals surface area contributed by atoms with E-state index in [1.807, 2.05) is 0 Å². The van der Waals surface area contributed by atoms with Gasteiger partial charge < -0.3 is 4.74 Å². The number of hydrogen-bond donors (Lipinski definition) is 0. The van der Waals surface area contributed by atoms with Gasteiger partial charge in [0.2, 0.25) is 0 Å². The van der Waals surface area contributed by atoms with Crippen molar-refractivity contribution in [3.05, 3.63) is 58.7 Å². The molecule has 0 aromatic heterocycles. The highest BCUT2D eigenvalue weighted by atomic mass is 35.5. The molecule has 1 aliphatic carbocycles. The Bertz CT molecular complexity index is 626. The lowest BCUT2D eigenvalue weighted by molar-refractivity contribution is -0.148. The van der Waals surface area contributed by atoms with Gasteiger partial charge in [0.15, 0.2) is 17.7 Å². The van der Waals surface area contributed by atoms with Crippen LogP contribution in [0.5, 0.6) is 0 Å². The Morgan fingerprint density at radius 1 is 1.15 bits per heavy atom. The van der Waals surface area contributed by atoms with E-state index in [-0.39, 0.29) is 11.6 Å². The molecule has 1 aromatic rings. The topological polar surface area (TPSA) is 60.4 Å². The molecule has 0 N–H and O–H groups in total. The first-order valence-electron chi connectivity index (χ1n) is 5.88. The SMILES string of the molecule is CC(=O)OC1C=C(C(=O)c2ccc(Cl)cc2)C=CC1=O. The van der Waals surface area contributed by atoms with Gasteiger partial charge in [0.1, 0.15) is 0 Å². The normalized spacial score (nSPS) is 17.6. The third kappa shape index (κ3) is 3.22. The minimum absolute atomic E-state index is 0.262. The zero-order chi connectivity index (χ0) is 14.7. The molecule has 0 amide bonds. The highest BCUT2D eigenvalue weighted by Gasteiger charge is 2.23. The second kappa shape index (κ2) is 5.84. The molecule has 0 spiro atoms.